The normalized spacial score (nSPS) is 10.8. The molecule has 0 aliphatic carbocycles. The number of aromatic nitrogens is 2. The minimum Gasteiger partial charge on any atom is -0.296 e. The average Bonchev–Trinajstić information content (AvgIpc) is 2.97. The summed E-state index contributed by atoms with van der Waals surface area (Å²) in [6.45, 7) is 5.80. The van der Waals surface area contributed by atoms with Crippen LogP contribution in [-0.2, 0) is 0 Å². The van der Waals surface area contributed by atoms with Crippen molar-refractivity contribution in [2.75, 3.05) is 5.32 Å². The van der Waals surface area contributed by atoms with Gasteiger partial charge in [-0.3, -0.25) is 20.2 Å². The zero-order chi connectivity index (χ0) is 17.0. The van der Waals surface area contributed by atoms with Crippen molar-refractivity contribution in [1.29, 1.82) is 0 Å². The first-order valence-corrected chi connectivity index (χ1v) is 8.17. The average molecular weight is 334 g/mol. The highest BCUT2D eigenvalue weighted by Crippen LogP contribution is 2.28. The van der Waals surface area contributed by atoms with Gasteiger partial charge >= 0.3 is 0 Å². The second-order valence-corrected chi connectivity index (χ2v) is 6.18. The summed E-state index contributed by atoms with van der Waals surface area (Å²) in [6.07, 6.45) is 1.92. The van der Waals surface area contributed by atoms with E-state index < -0.39 is 10.8 Å². The number of nitrogens with one attached hydrogen (secondary N) is 1. The summed E-state index contributed by atoms with van der Waals surface area (Å²) in [7, 11) is 0. The Hall–Kier alpha value is -2.35. The van der Waals surface area contributed by atoms with Crippen molar-refractivity contribution in [1.82, 2.24) is 10.2 Å². The molecule has 1 heterocycles. The van der Waals surface area contributed by atoms with E-state index in [1.54, 1.807) is 19.1 Å². The number of aryl methyl sites for hydroxylation is 1. The number of rotatable bonds is 6. The molecule has 0 atom stereocenters. The smallest absolute Gasteiger partial charge is 0.273 e. The molecule has 0 spiro atoms. The first-order valence-electron chi connectivity index (χ1n) is 7.36. The summed E-state index contributed by atoms with van der Waals surface area (Å²) in [5.41, 5.74) is 0.660. The van der Waals surface area contributed by atoms with Gasteiger partial charge in [0.1, 0.15) is 5.01 Å². The van der Waals surface area contributed by atoms with Gasteiger partial charge in [-0.25, -0.2) is 0 Å². The standard InChI is InChI=1S/C15H18N4O3S/c1-4-10(5-2)14-17-18-15(23-14)16-13(20)11-7-6-9(3)12(8-11)19(21)22/h6-8,10H,4-5H2,1-3H3,(H,16,18,20). The van der Waals surface area contributed by atoms with Gasteiger partial charge in [0, 0.05) is 23.1 Å². The van der Waals surface area contributed by atoms with E-state index in [-0.39, 0.29) is 11.3 Å². The molecule has 1 amide bonds. The topological polar surface area (TPSA) is 98.0 Å². The molecule has 0 fully saturated rings. The van der Waals surface area contributed by atoms with Gasteiger partial charge in [-0.2, -0.15) is 0 Å². The fourth-order valence-electron chi connectivity index (χ4n) is 2.20. The number of nitro benzene ring substituents is 1. The Labute approximate surface area is 137 Å². The van der Waals surface area contributed by atoms with Gasteiger partial charge in [0.2, 0.25) is 5.13 Å². The molecule has 8 heteroatoms. The molecule has 1 N–H and O–H groups in total. The Morgan fingerprint density at radius 1 is 1.35 bits per heavy atom. The van der Waals surface area contributed by atoms with Crippen LogP contribution < -0.4 is 5.32 Å². The van der Waals surface area contributed by atoms with Crippen LogP contribution in [-0.4, -0.2) is 21.0 Å². The van der Waals surface area contributed by atoms with Crippen LogP contribution in [0.5, 0.6) is 0 Å². The molecule has 0 saturated carbocycles. The minimum atomic E-state index is -0.498. The number of benzene rings is 1. The van der Waals surface area contributed by atoms with Gasteiger partial charge in [0.05, 0.1) is 4.92 Å². The Morgan fingerprint density at radius 3 is 2.65 bits per heavy atom. The van der Waals surface area contributed by atoms with Crippen molar-refractivity contribution in [3.8, 4) is 0 Å². The number of carbonyl (C=O) groups is 1. The highest BCUT2D eigenvalue weighted by Gasteiger charge is 2.18. The third-order valence-corrected chi connectivity index (χ3v) is 4.67. The Balaban J connectivity index is 2.16. The predicted octanol–water partition coefficient (Wildman–Crippen LogP) is 3.91. The lowest BCUT2D eigenvalue weighted by molar-refractivity contribution is -0.385. The number of anilines is 1. The summed E-state index contributed by atoms with van der Waals surface area (Å²) in [5, 5.41) is 23.0. The van der Waals surface area contributed by atoms with Gasteiger partial charge in [-0.1, -0.05) is 31.3 Å². The molecule has 0 bridgehead atoms. The van der Waals surface area contributed by atoms with Crippen LogP contribution in [0.2, 0.25) is 0 Å². The number of carbonyl (C=O) groups excluding carboxylic acids is 1. The zero-order valence-electron chi connectivity index (χ0n) is 13.2. The molecule has 0 radical (unpaired) electrons. The van der Waals surface area contributed by atoms with Crippen molar-refractivity contribution in [3.63, 3.8) is 0 Å². The summed E-state index contributed by atoms with van der Waals surface area (Å²) in [6, 6.07) is 4.39. The molecule has 0 aliphatic heterocycles. The van der Waals surface area contributed by atoms with Gasteiger partial charge in [0.15, 0.2) is 0 Å². The van der Waals surface area contributed by atoms with Crippen LogP contribution in [0, 0.1) is 17.0 Å². The second-order valence-electron chi connectivity index (χ2n) is 5.17. The monoisotopic (exact) mass is 334 g/mol. The van der Waals surface area contributed by atoms with E-state index in [0.717, 1.165) is 17.8 Å². The molecule has 1 aromatic carbocycles. The number of nitrogens with zero attached hydrogens (tertiary/aromatic N) is 3. The number of hydrogen-bond acceptors (Lipinski definition) is 6. The number of nitro groups is 1. The van der Waals surface area contributed by atoms with Crippen molar-refractivity contribution in [2.45, 2.75) is 39.5 Å². The van der Waals surface area contributed by atoms with E-state index in [0.29, 0.717) is 16.6 Å². The van der Waals surface area contributed by atoms with Crippen molar-refractivity contribution in [3.05, 3.63) is 44.4 Å². The molecular weight excluding hydrogens is 316 g/mol. The molecular formula is C15H18N4O3S. The van der Waals surface area contributed by atoms with Crippen LogP contribution in [0.4, 0.5) is 10.8 Å². The quantitative estimate of drug-likeness (QED) is 0.638. The maximum atomic E-state index is 12.2. The summed E-state index contributed by atoms with van der Waals surface area (Å²) in [4.78, 5) is 22.7. The first kappa shape index (κ1) is 17.0. The molecule has 2 rings (SSSR count). The third kappa shape index (κ3) is 3.89. The van der Waals surface area contributed by atoms with E-state index in [4.69, 9.17) is 0 Å². The minimum absolute atomic E-state index is 0.0763. The van der Waals surface area contributed by atoms with E-state index >= 15 is 0 Å². The molecule has 0 aliphatic rings. The summed E-state index contributed by atoms with van der Waals surface area (Å²) in [5.74, 6) is -0.0982. The molecule has 7 nitrogen and oxygen atoms in total. The van der Waals surface area contributed by atoms with Crippen molar-refractivity contribution >= 4 is 28.1 Å². The lowest BCUT2D eigenvalue weighted by atomic mass is 10.1. The molecule has 0 saturated heterocycles. The van der Waals surface area contributed by atoms with Gasteiger partial charge in [0.25, 0.3) is 11.6 Å². The summed E-state index contributed by atoms with van der Waals surface area (Å²) < 4.78 is 0. The number of hydrogen-bond donors (Lipinski definition) is 1. The van der Waals surface area contributed by atoms with Crippen LogP contribution >= 0.6 is 11.3 Å². The summed E-state index contributed by atoms with van der Waals surface area (Å²) >= 11 is 1.34. The molecule has 122 valence electrons. The molecule has 2 aromatic rings. The SMILES string of the molecule is CCC(CC)c1nnc(NC(=O)c2ccc(C)c([N+](=O)[O-])c2)s1. The van der Waals surface area contributed by atoms with Gasteiger partial charge in [-0.05, 0) is 25.8 Å². The Bertz CT molecular complexity index is 725. The Morgan fingerprint density at radius 2 is 2.04 bits per heavy atom. The van der Waals surface area contributed by atoms with Crippen LogP contribution in [0.15, 0.2) is 18.2 Å². The number of amides is 1. The van der Waals surface area contributed by atoms with Gasteiger partial charge in [-0.15, -0.1) is 10.2 Å². The van der Waals surface area contributed by atoms with Crippen LogP contribution in [0.25, 0.3) is 0 Å². The maximum absolute atomic E-state index is 12.2. The largest absolute Gasteiger partial charge is 0.296 e. The van der Waals surface area contributed by atoms with E-state index in [9.17, 15) is 14.9 Å². The lowest BCUT2D eigenvalue weighted by Crippen LogP contribution is -2.12. The fourth-order valence-corrected chi connectivity index (χ4v) is 3.21. The van der Waals surface area contributed by atoms with E-state index in [2.05, 4.69) is 29.4 Å². The second kappa shape index (κ2) is 7.28. The lowest BCUT2D eigenvalue weighted by Gasteiger charge is -2.06. The van der Waals surface area contributed by atoms with E-state index in [1.165, 1.54) is 17.4 Å². The van der Waals surface area contributed by atoms with E-state index in [1.807, 2.05) is 0 Å². The fraction of sp³-hybridized carbons (Fsp3) is 0.400. The predicted molar refractivity (Wildman–Crippen MR) is 89.0 cm³/mol. The Kier molecular flexibility index (Phi) is 5.38. The van der Waals surface area contributed by atoms with Crippen molar-refractivity contribution < 1.29 is 9.72 Å². The third-order valence-electron chi connectivity index (χ3n) is 3.66. The molecule has 1 aromatic heterocycles. The van der Waals surface area contributed by atoms with Gasteiger partial charge < -0.3 is 0 Å². The van der Waals surface area contributed by atoms with Crippen LogP contribution in [0.3, 0.4) is 0 Å². The molecule has 23 heavy (non-hydrogen) atoms. The first-order chi connectivity index (χ1) is 11.0. The highest BCUT2D eigenvalue weighted by atomic mass is 32.1. The maximum Gasteiger partial charge on any atom is 0.273 e. The molecule has 0 unspecified atom stereocenters. The van der Waals surface area contributed by atoms with Crippen molar-refractivity contribution in [2.24, 2.45) is 0 Å². The van der Waals surface area contributed by atoms with Crippen LogP contribution in [0.1, 0.15) is 53.5 Å². The highest BCUT2D eigenvalue weighted by molar-refractivity contribution is 7.15. The zero-order valence-corrected chi connectivity index (χ0v) is 14.0.